The van der Waals surface area contributed by atoms with Gasteiger partial charge in [0.25, 0.3) is 0 Å². The second-order valence-electron chi connectivity index (χ2n) is 4.09. The third-order valence-corrected chi connectivity index (χ3v) is 2.36. The van der Waals surface area contributed by atoms with E-state index in [0.29, 0.717) is 6.42 Å². The number of carbonyl (C=O) groups is 1. The van der Waals surface area contributed by atoms with Gasteiger partial charge in [-0.1, -0.05) is 32.6 Å². The number of hydrogen-bond donors (Lipinski definition) is 2. The monoisotopic (exact) mass is 229 g/mol. The van der Waals surface area contributed by atoms with Crippen LogP contribution < -0.4 is 5.73 Å². The summed E-state index contributed by atoms with van der Waals surface area (Å²) >= 11 is 0. The summed E-state index contributed by atoms with van der Waals surface area (Å²) < 4.78 is 0. The molecule has 1 unspecified atom stereocenters. The van der Waals surface area contributed by atoms with Crippen molar-refractivity contribution in [2.45, 2.75) is 45.1 Å². The van der Waals surface area contributed by atoms with Gasteiger partial charge < -0.3 is 15.7 Å². The zero-order valence-corrected chi connectivity index (χ0v) is 10.4. The summed E-state index contributed by atoms with van der Waals surface area (Å²) in [7, 11) is 3.49. The number of aliphatic imine (C=N–C) groups is 1. The van der Waals surface area contributed by atoms with Crippen LogP contribution in [0.1, 0.15) is 39.0 Å². The van der Waals surface area contributed by atoms with Crippen molar-refractivity contribution in [2.75, 3.05) is 14.1 Å². The van der Waals surface area contributed by atoms with Gasteiger partial charge in [-0.25, -0.2) is 9.79 Å². The minimum atomic E-state index is -0.902. The maximum atomic E-state index is 10.9. The predicted octanol–water partition coefficient (Wildman–Crippen LogP) is 1.29. The second kappa shape index (κ2) is 7.96. The van der Waals surface area contributed by atoms with E-state index in [1.165, 1.54) is 0 Å². The van der Waals surface area contributed by atoms with Crippen molar-refractivity contribution in [3.63, 3.8) is 0 Å². The quantitative estimate of drug-likeness (QED) is 0.391. The fourth-order valence-electron chi connectivity index (χ4n) is 1.28. The molecular formula is C11H23N3O2. The first-order valence-electron chi connectivity index (χ1n) is 5.72. The molecule has 0 saturated carbocycles. The van der Waals surface area contributed by atoms with Gasteiger partial charge in [0.1, 0.15) is 0 Å². The van der Waals surface area contributed by atoms with E-state index in [9.17, 15) is 4.79 Å². The van der Waals surface area contributed by atoms with Gasteiger partial charge in [0.05, 0.1) is 0 Å². The van der Waals surface area contributed by atoms with Crippen molar-refractivity contribution in [1.29, 1.82) is 0 Å². The Morgan fingerprint density at radius 2 is 2.00 bits per heavy atom. The first-order valence-corrected chi connectivity index (χ1v) is 5.72. The zero-order chi connectivity index (χ0) is 12.6. The molecule has 5 heteroatoms. The molecule has 5 nitrogen and oxygen atoms in total. The highest BCUT2D eigenvalue weighted by molar-refractivity contribution is 5.82. The molecule has 0 aromatic rings. The molecule has 3 N–H and O–H groups in total. The lowest BCUT2D eigenvalue weighted by Crippen LogP contribution is -2.33. The lowest BCUT2D eigenvalue weighted by Gasteiger charge is -2.14. The summed E-state index contributed by atoms with van der Waals surface area (Å²) in [4.78, 5) is 16.5. The Bertz CT molecular complexity index is 239. The van der Waals surface area contributed by atoms with Crippen LogP contribution >= 0.6 is 0 Å². The molecule has 1 atom stereocenters. The van der Waals surface area contributed by atoms with Gasteiger partial charge >= 0.3 is 5.97 Å². The van der Waals surface area contributed by atoms with Gasteiger partial charge in [-0.05, 0) is 6.42 Å². The summed E-state index contributed by atoms with van der Waals surface area (Å²) in [5.41, 5.74) is 5.60. The molecule has 0 bridgehead atoms. The van der Waals surface area contributed by atoms with E-state index in [2.05, 4.69) is 11.9 Å². The molecule has 0 rings (SSSR count). The van der Waals surface area contributed by atoms with E-state index in [1.54, 1.807) is 19.0 Å². The number of aliphatic carboxylic acids is 1. The molecule has 0 saturated heterocycles. The molecule has 0 aromatic carbocycles. The van der Waals surface area contributed by atoms with Gasteiger partial charge in [0.15, 0.2) is 12.0 Å². The van der Waals surface area contributed by atoms with Crippen LogP contribution in [0.25, 0.3) is 0 Å². The van der Waals surface area contributed by atoms with Crippen LogP contribution in [0.4, 0.5) is 0 Å². The predicted molar refractivity (Wildman–Crippen MR) is 65.5 cm³/mol. The van der Waals surface area contributed by atoms with Crippen LogP contribution in [0.3, 0.4) is 0 Å². The van der Waals surface area contributed by atoms with E-state index >= 15 is 0 Å². The number of nitrogens with two attached hydrogens (primary N) is 1. The molecule has 0 spiro atoms. The first-order chi connectivity index (χ1) is 7.49. The van der Waals surface area contributed by atoms with Crippen molar-refractivity contribution in [3.8, 4) is 0 Å². The summed E-state index contributed by atoms with van der Waals surface area (Å²) in [6.45, 7) is 2.12. The average Bonchev–Trinajstić information content (AvgIpc) is 2.21. The minimum absolute atomic E-state index is 0.267. The number of guanidine groups is 1. The number of carboxylic acids is 1. The molecule has 0 aliphatic heterocycles. The van der Waals surface area contributed by atoms with Crippen molar-refractivity contribution in [3.05, 3.63) is 0 Å². The van der Waals surface area contributed by atoms with Crippen LogP contribution in [-0.2, 0) is 4.79 Å². The standard InChI is InChI=1S/C11H23N3O2/c1-4-5-6-7-8-9(10(15)16)13-11(12)14(2)3/h9H,4-8H2,1-3H3,(H2,12,13)(H,15,16). The summed E-state index contributed by atoms with van der Waals surface area (Å²) in [5, 5.41) is 8.98. The Labute approximate surface area is 97.3 Å². The van der Waals surface area contributed by atoms with Crippen molar-refractivity contribution in [1.82, 2.24) is 4.90 Å². The molecule has 0 radical (unpaired) electrons. The molecule has 0 aliphatic rings. The third kappa shape index (κ3) is 6.27. The summed E-state index contributed by atoms with van der Waals surface area (Å²) in [6.07, 6.45) is 4.77. The second-order valence-corrected chi connectivity index (χ2v) is 4.09. The average molecular weight is 229 g/mol. The Kier molecular flexibility index (Phi) is 7.33. The number of carboxylic acid groups (broad SMARTS) is 1. The van der Waals surface area contributed by atoms with E-state index in [0.717, 1.165) is 25.7 Å². The fourth-order valence-corrected chi connectivity index (χ4v) is 1.28. The zero-order valence-electron chi connectivity index (χ0n) is 10.4. The lowest BCUT2D eigenvalue weighted by molar-refractivity contribution is -0.138. The highest BCUT2D eigenvalue weighted by atomic mass is 16.4. The van der Waals surface area contributed by atoms with Gasteiger partial charge in [-0.15, -0.1) is 0 Å². The van der Waals surface area contributed by atoms with Crippen LogP contribution in [0.5, 0.6) is 0 Å². The van der Waals surface area contributed by atoms with Gasteiger partial charge in [-0.3, -0.25) is 0 Å². The van der Waals surface area contributed by atoms with Crippen LogP contribution in [-0.4, -0.2) is 42.1 Å². The maximum absolute atomic E-state index is 10.9. The first kappa shape index (κ1) is 14.7. The number of unbranched alkanes of at least 4 members (excludes halogenated alkanes) is 3. The molecule has 94 valence electrons. The van der Waals surface area contributed by atoms with Gasteiger partial charge in [0.2, 0.25) is 0 Å². The van der Waals surface area contributed by atoms with Gasteiger partial charge in [0, 0.05) is 14.1 Å². The van der Waals surface area contributed by atoms with Crippen molar-refractivity contribution < 1.29 is 9.90 Å². The Hall–Kier alpha value is -1.26. The molecule has 0 aromatic heterocycles. The SMILES string of the molecule is CCCCCCC(N=C(N)N(C)C)C(=O)O. The minimum Gasteiger partial charge on any atom is -0.480 e. The molecule has 0 heterocycles. The topological polar surface area (TPSA) is 78.9 Å². The fraction of sp³-hybridized carbons (Fsp3) is 0.818. The van der Waals surface area contributed by atoms with E-state index in [4.69, 9.17) is 10.8 Å². The summed E-state index contributed by atoms with van der Waals surface area (Å²) in [5.74, 6) is -0.635. The molecule has 16 heavy (non-hydrogen) atoms. The normalized spacial score (nSPS) is 13.6. The largest absolute Gasteiger partial charge is 0.480 e. The Balaban J connectivity index is 4.18. The van der Waals surface area contributed by atoms with Crippen LogP contribution in [0.15, 0.2) is 4.99 Å². The van der Waals surface area contributed by atoms with Crippen LogP contribution in [0.2, 0.25) is 0 Å². The van der Waals surface area contributed by atoms with E-state index in [1.807, 2.05) is 0 Å². The molecule has 0 aliphatic carbocycles. The van der Waals surface area contributed by atoms with Crippen molar-refractivity contribution in [2.24, 2.45) is 10.7 Å². The van der Waals surface area contributed by atoms with Crippen LogP contribution in [0, 0.1) is 0 Å². The lowest BCUT2D eigenvalue weighted by atomic mass is 10.1. The van der Waals surface area contributed by atoms with E-state index in [-0.39, 0.29) is 5.96 Å². The highest BCUT2D eigenvalue weighted by Gasteiger charge is 2.16. The van der Waals surface area contributed by atoms with Gasteiger partial charge in [-0.2, -0.15) is 0 Å². The number of nitrogens with zero attached hydrogens (tertiary/aromatic N) is 2. The molecule has 0 amide bonds. The smallest absolute Gasteiger partial charge is 0.328 e. The van der Waals surface area contributed by atoms with E-state index < -0.39 is 12.0 Å². The third-order valence-electron chi connectivity index (χ3n) is 2.36. The maximum Gasteiger partial charge on any atom is 0.328 e. The highest BCUT2D eigenvalue weighted by Crippen LogP contribution is 2.08. The number of rotatable bonds is 7. The molecule has 0 fully saturated rings. The van der Waals surface area contributed by atoms with Crippen molar-refractivity contribution >= 4 is 11.9 Å². The number of hydrogen-bond acceptors (Lipinski definition) is 2. The molecular weight excluding hydrogens is 206 g/mol. The Morgan fingerprint density at radius 1 is 1.38 bits per heavy atom. The summed E-state index contributed by atoms with van der Waals surface area (Å²) in [6, 6.07) is -0.709. The Morgan fingerprint density at radius 3 is 2.44 bits per heavy atom.